The Morgan fingerprint density at radius 2 is 2.25 bits per heavy atom. The fourth-order valence-electron chi connectivity index (χ4n) is 0.977. The quantitative estimate of drug-likeness (QED) is 0.583. The lowest BCUT2D eigenvalue weighted by atomic mass is 10.1. The lowest BCUT2D eigenvalue weighted by Gasteiger charge is -2.16. The van der Waals surface area contributed by atoms with E-state index in [0.29, 0.717) is 5.56 Å². The Bertz CT molecular complexity index is 407. The summed E-state index contributed by atoms with van der Waals surface area (Å²) in [6.45, 7) is 4.42. The van der Waals surface area contributed by atoms with E-state index in [0.717, 1.165) is 6.20 Å². The third kappa shape index (κ3) is 2.88. The number of nitrogens with zero attached hydrogens (tertiary/aromatic N) is 2. The van der Waals surface area contributed by atoms with Crippen LogP contribution >= 0.6 is 0 Å². The fraction of sp³-hybridized carbons (Fsp3) is 0.500. The first-order valence-corrected chi connectivity index (χ1v) is 4.72. The maximum Gasteiger partial charge on any atom is 0.250 e. The molecule has 0 spiro atoms. The maximum atomic E-state index is 12.7. The van der Waals surface area contributed by atoms with E-state index in [1.165, 1.54) is 19.9 Å². The van der Waals surface area contributed by atoms with Crippen molar-refractivity contribution in [1.82, 2.24) is 4.98 Å². The Hall–Kier alpha value is -1.72. The zero-order chi connectivity index (χ0) is 12.3. The molecule has 16 heavy (non-hydrogen) atoms. The van der Waals surface area contributed by atoms with Crippen LogP contribution in [0, 0.1) is 22.9 Å². The number of nitro groups is 1. The SMILES string of the molecule is Cc1cc(F)cnc1OCC(C)(C)[N+](=O)[O-]. The second kappa shape index (κ2) is 4.42. The molecule has 5 nitrogen and oxygen atoms in total. The summed E-state index contributed by atoms with van der Waals surface area (Å²) in [6, 6.07) is 1.27. The molecule has 0 saturated heterocycles. The Balaban J connectivity index is 2.72. The van der Waals surface area contributed by atoms with E-state index in [4.69, 9.17) is 4.74 Å². The highest BCUT2D eigenvalue weighted by molar-refractivity contribution is 5.24. The molecule has 1 aromatic heterocycles. The normalized spacial score (nSPS) is 11.2. The van der Waals surface area contributed by atoms with Crippen LogP contribution in [0.1, 0.15) is 19.4 Å². The summed E-state index contributed by atoms with van der Waals surface area (Å²) in [5, 5.41) is 10.6. The molecule has 0 saturated carbocycles. The van der Waals surface area contributed by atoms with Crippen molar-refractivity contribution in [3.63, 3.8) is 0 Å². The number of hydrogen-bond donors (Lipinski definition) is 0. The Labute approximate surface area is 92.4 Å². The molecule has 0 radical (unpaired) electrons. The lowest BCUT2D eigenvalue weighted by Crippen LogP contribution is -2.37. The van der Waals surface area contributed by atoms with Gasteiger partial charge in [0.15, 0.2) is 6.61 Å². The molecule has 0 unspecified atom stereocenters. The highest BCUT2D eigenvalue weighted by atomic mass is 19.1. The zero-order valence-electron chi connectivity index (χ0n) is 9.36. The van der Waals surface area contributed by atoms with Gasteiger partial charge in [-0.1, -0.05) is 0 Å². The summed E-state index contributed by atoms with van der Waals surface area (Å²) in [5.41, 5.74) is -0.679. The van der Waals surface area contributed by atoms with Gasteiger partial charge in [-0.15, -0.1) is 0 Å². The van der Waals surface area contributed by atoms with Crippen LogP contribution in [-0.2, 0) is 0 Å². The Morgan fingerprint density at radius 3 is 2.75 bits per heavy atom. The monoisotopic (exact) mass is 228 g/mol. The van der Waals surface area contributed by atoms with Gasteiger partial charge in [0.25, 0.3) is 0 Å². The molecule has 1 heterocycles. The van der Waals surface area contributed by atoms with Crippen molar-refractivity contribution in [3.8, 4) is 5.88 Å². The van der Waals surface area contributed by atoms with Gasteiger partial charge in [0.2, 0.25) is 11.4 Å². The van der Waals surface area contributed by atoms with E-state index in [-0.39, 0.29) is 12.5 Å². The van der Waals surface area contributed by atoms with Crippen LogP contribution < -0.4 is 4.74 Å². The number of aryl methyl sites for hydroxylation is 1. The predicted octanol–water partition coefficient (Wildman–Crippen LogP) is 1.96. The molecule has 0 N–H and O–H groups in total. The van der Waals surface area contributed by atoms with Gasteiger partial charge in [-0.3, -0.25) is 10.1 Å². The molecule has 0 aliphatic heterocycles. The van der Waals surface area contributed by atoms with E-state index >= 15 is 0 Å². The fourth-order valence-corrected chi connectivity index (χ4v) is 0.977. The molecule has 0 fully saturated rings. The van der Waals surface area contributed by atoms with Crippen molar-refractivity contribution in [2.75, 3.05) is 6.61 Å². The third-order valence-corrected chi connectivity index (χ3v) is 2.05. The molecular formula is C10H13FN2O3. The first-order valence-electron chi connectivity index (χ1n) is 4.72. The number of halogens is 1. The first kappa shape index (κ1) is 12.4. The number of rotatable bonds is 4. The smallest absolute Gasteiger partial charge is 0.250 e. The molecule has 0 atom stereocenters. The number of pyridine rings is 1. The van der Waals surface area contributed by atoms with Gasteiger partial charge in [-0.05, 0) is 13.0 Å². The van der Waals surface area contributed by atoms with Crippen LogP contribution in [0.15, 0.2) is 12.3 Å². The van der Waals surface area contributed by atoms with Crippen molar-refractivity contribution in [2.45, 2.75) is 26.3 Å². The molecule has 0 bridgehead atoms. The third-order valence-electron chi connectivity index (χ3n) is 2.05. The topological polar surface area (TPSA) is 65.3 Å². The van der Waals surface area contributed by atoms with Crippen LogP contribution in [0.4, 0.5) is 4.39 Å². The molecule has 1 aromatic rings. The second-order valence-corrected chi connectivity index (χ2v) is 4.13. The first-order chi connectivity index (χ1) is 7.33. The summed E-state index contributed by atoms with van der Waals surface area (Å²) >= 11 is 0. The van der Waals surface area contributed by atoms with Gasteiger partial charge in [0.1, 0.15) is 5.82 Å². The Kier molecular flexibility index (Phi) is 3.41. The van der Waals surface area contributed by atoms with Gasteiger partial charge < -0.3 is 4.74 Å². The zero-order valence-corrected chi connectivity index (χ0v) is 9.36. The van der Waals surface area contributed by atoms with Crippen LogP contribution in [-0.4, -0.2) is 22.1 Å². The van der Waals surface area contributed by atoms with E-state index in [1.807, 2.05) is 0 Å². The van der Waals surface area contributed by atoms with Crippen molar-refractivity contribution in [1.29, 1.82) is 0 Å². The number of aromatic nitrogens is 1. The summed E-state index contributed by atoms with van der Waals surface area (Å²) in [7, 11) is 0. The summed E-state index contributed by atoms with van der Waals surface area (Å²) < 4.78 is 17.9. The van der Waals surface area contributed by atoms with Crippen LogP contribution in [0.25, 0.3) is 0 Å². The number of ether oxygens (including phenoxy) is 1. The van der Waals surface area contributed by atoms with Gasteiger partial charge >= 0.3 is 0 Å². The van der Waals surface area contributed by atoms with Crippen molar-refractivity contribution >= 4 is 0 Å². The number of hydrogen-bond acceptors (Lipinski definition) is 4. The molecule has 0 aliphatic carbocycles. The van der Waals surface area contributed by atoms with Gasteiger partial charge in [-0.2, -0.15) is 0 Å². The Morgan fingerprint density at radius 1 is 1.62 bits per heavy atom. The minimum absolute atomic E-state index is 0.112. The van der Waals surface area contributed by atoms with Crippen molar-refractivity contribution in [2.24, 2.45) is 0 Å². The summed E-state index contributed by atoms with van der Waals surface area (Å²) in [6.07, 6.45) is 1.02. The molecule has 6 heteroatoms. The minimum Gasteiger partial charge on any atom is -0.470 e. The molecule has 88 valence electrons. The highest BCUT2D eigenvalue weighted by Gasteiger charge is 2.32. The van der Waals surface area contributed by atoms with Gasteiger partial charge in [0, 0.05) is 24.3 Å². The maximum absolute atomic E-state index is 12.7. The average molecular weight is 228 g/mol. The lowest BCUT2D eigenvalue weighted by molar-refractivity contribution is -0.562. The van der Waals surface area contributed by atoms with Crippen LogP contribution in [0.3, 0.4) is 0 Å². The summed E-state index contributed by atoms with van der Waals surface area (Å²) in [4.78, 5) is 13.9. The second-order valence-electron chi connectivity index (χ2n) is 4.13. The standard InChI is InChI=1S/C10H13FN2O3/c1-7-4-8(11)5-12-9(7)16-6-10(2,3)13(14)15/h4-5H,6H2,1-3H3. The van der Waals surface area contributed by atoms with Crippen molar-refractivity contribution < 1.29 is 14.1 Å². The predicted molar refractivity (Wildman–Crippen MR) is 55.5 cm³/mol. The van der Waals surface area contributed by atoms with E-state index < -0.39 is 16.3 Å². The average Bonchev–Trinajstić information content (AvgIpc) is 2.16. The van der Waals surface area contributed by atoms with E-state index in [9.17, 15) is 14.5 Å². The van der Waals surface area contributed by atoms with Crippen molar-refractivity contribution in [3.05, 3.63) is 33.8 Å². The largest absolute Gasteiger partial charge is 0.470 e. The van der Waals surface area contributed by atoms with E-state index in [2.05, 4.69) is 4.98 Å². The van der Waals surface area contributed by atoms with E-state index in [1.54, 1.807) is 6.92 Å². The van der Waals surface area contributed by atoms with Gasteiger partial charge in [-0.25, -0.2) is 9.37 Å². The minimum atomic E-state index is -1.19. The molecule has 0 amide bonds. The van der Waals surface area contributed by atoms with Gasteiger partial charge in [0.05, 0.1) is 6.20 Å². The van der Waals surface area contributed by atoms with Crippen LogP contribution in [0.2, 0.25) is 0 Å². The molecule has 1 rings (SSSR count). The summed E-state index contributed by atoms with van der Waals surface area (Å²) in [5.74, 6) is -0.241. The molecular weight excluding hydrogens is 215 g/mol. The highest BCUT2D eigenvalue weighted by Crippen LogP contribution is 2.17. The molecule has 0 aromatic carbocycles. The van der Waals surface area contributed by atoms with Crippen LogP contribution in [0.5, 0.6) is 5.88 Å². The molecule has 0 aliphatic rings.